The summed E-state index contributed by atoms with van der Waals surface area (Å²) in [5, 5.41) is 0. The van der Waals surface area contributed by atoms with Gasteiger partial charge >= 0.3 is 0 Å². The van der Waals surface area contributed by atoms with Crippen molar-refractivity contribution in [2.24, 2.45) is 9.98 Å². The van der Waals surface area contributed by atoms with Gasteiger partial charge in [-0.3, -0.25) is 19.4 Å². The molecule has 0 aliphatic carbocycles. The Bertz CT molecular complexity index is 1890. The number of hydrogen-bond donors (Lipinski definition) is 0. The van der Waals surface area contributed by atoms with Crippen LogP contribution in [0.3, 0.4) is 0 Å². The van der Waals surface area contributed by atoms with Gasteiger partial charge in [0.05, 0.1) is 12.2 Å². The number of ether oxygens (including phenoxy) is 2. The van der Waals surface area contributed by atoms with Crippen molar-refractivity contribution in [1.82, 2.24) is 9.80 Å². The number of aliphatic imine (C=N–C) groups is 2. The third kappa shape index (κ3) is 8.31. The van der Waals surface area contributed by atoms with Crippen molar-refractivity contribution in [1.29, 1.82) is 0 Å². The Balaban J connectivity index is 1.30. The van der Waals surface area contributed by atoms with E-state index in [0.717, 1.165) is 42.7 Å². The third-order valence-corrected chi connectivity index (χ3v) is 8.70. The normalized spacial score (nSPS) is 16.2. The topological polar surface area (TPSA) is 83.8 Å². The number of hydrogen-bond acceptors (Lipinski definition) is 6. The van der Waals surface area contributed by atoms with Gasteiger partial charge in [0.15, 0.2) is 0 Å². The van der Waals surface area contributed by atoms with E-state index in [-0.39, 0.29) is 37.1 Å². The second kappa shape index (κ2) is 15.4. The lowest BCUT2D eigenvalue weighted by Crippen LogP contribution is -2.42. The molecule has 2 aliphatic heterocycles. The summed E-state index contributed by atoms with van der Waals surface area (Å²) in [5.41, 5.74) is 3.79. The number of halogens is 2. The van der Waals surface area contributed by atoms with E-state index in [2.05, 4.69) is 31.9 Å². The fourth-order valence-electron chi connectivity index (χ4n) is 5.56. The molecule has 50 heavy (non-hydrogen) atoms. The van der Waals surface area contributed by atoms with E-state index >= 15 is 0 Å². The number of amides is 2. The predicted octanol–water partition coefficient (Wildman–Crippen LogP) is 8.75. The van der Waals surface area contributed by atoms with Gasteiger partial charge in [0.2, 0.25) is 0 Å². The Morgan fingerprint density at radius 3 is 1.32 bits per heavy atom. The minimum atomic E-state index is -0.255. The number of carbonyl (C=O) groups excluding carboxylic acids is 2. The Kier molecular flexibility index (Phi) is 10.8. The number of nitrogens with zero attached hydrogens (tertiary/aromatic N) is 4. The van der Waals surface area contributed by atoms with E-state index < -0.39 is 0 Å². The summed E-state index contributed by atoms with van der Waals surface area (Å²) in [6.07, 6.45) is 3.65. The lowest BCUT2D eigenvalue weighted by Gasteiger charge is -2.24. The zero-order valence-corrected chi connectivity index (χ0v) is 31.3. The van der Waals surface area contributed by atoms with Gasteiger partial charge in [0.25, 0.3) is 11.8 Å². The number of benzene rings is 4. The van der Waals surface area contributed by atoms with Crippen LogP contribution < -0.4 is 9.47 Å². The lowest BCUT2D eigenvalue weighted by atomic mass is 10.1. The standard InChI is InChI=1S/C40H36Br2N4O4/c1-25(2)49-33-15-11-27(12-16-33)21-35-39(47)45(37(43-35)29-7-5-9-31(41)23-29)19-20-46-38(30-8-6-10-32(42)24-30)44-36(40(46)48)22-28-13-17-34(18-14-28)50-26(3)4/h5-18,21-26H,19-20H2,1-4H3. The van der Waals surface area contributed by atoms with Crippen molar-refractivity contribution >= 4 is 67.5 Å². The van der Waals surface area contributed by atoms with Crippen molar-refractivity contribution in [3.05, 3.63) is 140 Å². The van der Waals surface area contributed by atoms with E-state index in [1.54, 1.807) is 22.0 Å². The monoisotopic (exact) mass is 794 g/mol. The van der Waals surface area contributed by atoms with Crippen LogP contribution in [0.25, 0.3) is 12.2 Å². The van der Waals surface area contributed by atoms with E-state index in [9.17, 15) is 9.59 Å². The highest BCUT2D eigenvalue weighted by Crippen LogP contribution is 2.28. The van der Waals surface area contributed by atoms with E-state index in [1.807, 2.05) is 125 Å². The first kappa shape index (κ1) is 35.0. The molecule has 0 saturated heterocycles. The molecule has 10 heteroatoms. The summed E-state index contributed by atoms with van der Waals surface area (Å²) < 4.78 is 13.3. The summed E-state index contributed by atoms with van der Waals surface area (Å²) in [5.74, 6) is 2.01. The molecular weight excluding hydrogens is 760 g/mol. The summed E-state index contributed by atoms with van der Waals surface area (Å²) >= 11 is 7.11. The SMILES string of the molecule is CC(C)Oc1ccc(C=C2N=C(c3cccc(Br)c3)N(CCN3C(=O)C(=Cc4ccc(OC(C)C)cc4)N=C3c3cccc(Br)c3)C2=O)cc1. The molecule has 2 amide bonds. The zero-order valence-electron chi connectivity index (χ0n) is 28.1. The number of carbonyl (C=O) groups is 2. The van der Waals surface area contributed by atoms with Crippen LogP contribution in [0.4, 0.5) is 0 Å². The quantitative estimate of drug-likeness (QED) is 0.142. The van der Waals surface area contributed by atoms with Gasteiger partial charge < -0.3 is 9.47 Å². The van der Waals surface area contributed by atoms with Crippen molar-refractivity contribution in [3.8, 4) is 11.5 Å². The Labute approximate surface area is 309 Å². The fourth-order valence-corrected chi connectivity index (χ4v) is 6.36. The molecule has 0 aromatic heterocycles. The first-order chi connectivity index (χ1) is 24.0. The second-order valence-electron chi connectivity index (χ2n) is 12.3. The maximum atomic E-state index is 14.0. The Morgan fingerprint density at radius 2 is 0.980 bits per heavy atom. The van der Waals surface area contributed by atoms with E-state index in [0.29, 0.717) is 23.1 Å². The second-order valence-corrected chi connectivity index (χ2v) is 14.2. The maximum Gasteiger partial charge on any atom is 0.278 e. The average Bonchev–Trinajstić information content (AvgIpc) is 3.56. The minimum Gasteiger partial charge on any atom is -0.491 e. The van der Waals surface area contributed by atoms with Crippen LogP contribution in [0, 0.1) is 0 Å². The van der Waals surface area contributed by atoms with Crippen LogP contribution in [0.2, 0.25) is 0 Å². The van der Waals surface area contributed by atoms with Crippen molar-refractivity contribution in [2.45, 2.75) is 39.9 Å². The molecule has 0 N–H and O–H groups in total. The molecule has 0 radical (unpaired) electrons. The molecule has 4 aromatic carbocycles. The Hall–Kier alpha value is -4.80. The van der Waals surface area contributed by atoms with Gasteiger partial charge in [-0.15, -0.1) is 0 Å². The molecule has 4 aromatic rings. The van der Waals surface area contributed by atoms with Gasteiger partial charge in [-0.25, -0.2) is 9.98 Å². The molecular formula is C40H36Br2N4O4. The van der Waals surface area contributed by atoms with Gasteiger partial charge in [0.1, 0.15) is 34.6 Å². The highest BCUT2D eigenvalue weighted by Gasteiger charge is 2.35. The number of rotatable bonds is 11. The summed E-state index contributed by atoms with van der Waals surface area (Å²) in [7, 11) is 0. The van der Waals surface area contributed by atoms with Gasteiger partial charge in [0, 0.05) is 33.2 Å². The zero-order chi connectivity index (χ0) is 35.4. The Morgan fingerprint density at radius 1 is 0.600 bits per heavy atom. The van der Waals surface area contributed by atoms with Crippen molar-refractivity contribution in [3.63, 3.8) is 0 Å². The first-order valence-corrected chi connectivity index (χ1v) is 17.9. The molecule has 0 atom stereocenters. The largest absolute Gasteiger partial charge is 0.491 e. The van der Waals surface area contributed by atoms with Gasteiger partial charge in [-0.2, -0.15) is 0 Å². The van der Waals surface area contributed by atoms with Crippen molar-refractivity contribution < 1.29 is 19.1 Å². The molecule has 0 spiro atoms. The van der Waals surface area contributed by atoms with Gasteiger partial charge in [-0.1, -0.05) is 80.4 Å². The van der Waals surface area contributed by atoms with Crippen LogP contribution in [-0.4, -0.2) is 58.6 Å². The van der Waals surface area contributed by atoms with Crippen LogP contribution >= 0.6 is 31.9 Å². The molecule has 254 valence electrons. The van der Waals surface area contributed by atoms with E-state index in [1.165, 1.54) is 0 Å². The molecule has 6 rings (SSSR count). The predicted molar refractivity (Wildman–Crippen MR) is 205 cm³/mol. The first-order valence-electron chi connectivity index (χ1n) is 16.3. The molecule has 0 fully saturated rings. The van der Waals surface area contributed by atoms with Crippen LogP contribution in [-0.2, 0) is 9.59 Å². The lowest BCUT2D eigenvalue weighted by molar-refractivity contribution is -0.125. The highest BCUT2D eigenvalue weighted by atomic mass is 79.9. The summed E-state index contributed by atoms with van der Waals surface area (Å²) in [6.45, 7) is 8.28. The molecule has 8 nitrogen and oxygen atoms in total. The van der Waals surface area contributed by atoms with E-state index in [4.69, 9.17) is 19.5 Å². The van der Waals surface area contributed by atoms with Crippen LogP contribution in [0.1, 0.15) is 49.9 Å². The molecule has 0 bridgehead atoms. The van der Waals surface area contributed by atoms with Crippen LogP contribution in [0.15, 0.2) is 127 Å². The van der Waals surface area contributed by atoms with Crippen molar-refractivity contribution in [2.75, 3.05) is 13.1 Å². The molecule has 2 heterocycles. The summed E-state index contributed by atoms with van der Waals surface area (Å²) in [4.78, 5) is 40.9. The average molecular weight is 797 g/mol. The third-order valence-electron chi connectivity index (χ3n) is 7.72. The highest BCUT2D eigenvalue weighted by molar-refractivity contribution is 9.10. The fraction of sp³-hybridized carbons (Fsp3) is 0.200. The minimum absolute atomic E-state index is 0.0563. The van der Waals surface area contributed by atoms with Crippen LogP contribution in [0.5, 0.6) is 11.5 Å². The maximum absolute atomic E-state index is 14.0. The van der Waals surface area contributed by atoms with Gasteiger partial charge in [-0.05, 0) is 99.5 Å². The molecule has 0 saturated carbocycles. The smallest absolute Gasteiger partial charge is 0.278 e. The number of amidine groups is 2. The molecule has 0 unspecified atom stereocenters. The molecule has 2 aliphatic rings. The summed E-state index contributed by atoms with van der Waals surface area (Å²) in [6, 6.07) is 30.4.